The summed E-state index contributed by atoms with van der Waals surface area (Å²) in [6, 6.07) is 0. The first kappa shape index (κ1) is 14.4. The first-order valence-corrected chi connectivity index (χ1v) is 5.85. The van der Waals surface area contributed by atoms with Crippen molar-refractivity contribution < 1.29 is 14.3 Å². The fourth-order valence-corrected chi connectivity index (χ4v) is 1.22. The second-order valence-electron chi connectivity index (χ2n) is 4.18. The van der Waals surface area contributed by atoms with Gasteiger partial charge in [-0.3, -0.25) is 4.98 Å². The van der Waals surface area contributed by atoms with Gasteiger partial charge in [0.05, 0.1) is 26.1 Å². The third-order valence-electron chi connectivity index (χ3n) is 2.03. The number of carbonyl (C=O) groups excluding carboxylic acids is 1. The number of aromatic nitrogens is 2. The van der Waals surface area contributed by atoms with E-state index < -0.39 is 5.97 Å². The molecule has 0 fully saturated rings. The maximum Gasteiger partial charge on any atom is 0.358 e. The van der Waals surface area contributed by atoms with Crippen molar-refractivity contribution in [2.24, 2.45) is 5.92 Å². The van der Waals surface area contributed by atoms with Crippen molar-refractivity contribution >= 4 is 11.8 Å². The van der Waals surface area contributed by atoms with Gasteiger partial charge in [-0.15, -0.1) is 0 Å². The summed E-state index contributed by atoms with van der Waals surface area (Å²) in [7, 11) is 1.31. The fraction of sp³-hybridized carbons (Fsp3) is 0.583. The minimum absolute atomic E-state index is 0.186. The van der Waals surface area contributed by atoms with E-state index in [-0.39, 0.29) is 5.69 Å². The standard InChI is InChI=1S/C12H19N3O3/c1-9(2)8-18-5-4-14-11-7-13-6-10(15-11)12(16)17-3/h6-7,9H,4-5,8H2,1-3H3,(H,14,15). The minimum atomic E-state index is -0.498. The smallest absolute Gasteiger partial charge is 0.358 e. The van der Waals surface area contributed by atoms with Crippen LogP contribution in [0.4, 0.5) is 5.82 Å². The zero-order valence-corrected chi connectivity index (χ0v) is 11.0. The SMILES string of the molecule is COC(=O)c1cncc(NCCOCC(C)C)n1. The Balaban J connectivity index is 2.36. The van der Waals surface area contributed by atoms with Crippen LogP contribution in [0.25, 0.3) is 0 Å². The van der Waals surface area contributed by atoms with Crippen LogP contribution in [0.2, 0.25) is 0 Å². The Morgan fingerprint density at radius 2 is 2.22 bits per heavy atom. The van der Waals surface area contributed by atoms with Crippen LogP contribution in [-0.2, 0) is 9.47 Å². The van der Waals surface area contributed by atoms with Gasteiger partial charge in [0.2, 0.25) is 0 Å². The average Bonchev–Trinajstić information content (AvgIpc) is 2.37. The predicted octanol–water partition coefficient (Wildman–Crippen LogP) is 1.35. The highest BCUT2D eigenvalue weighted by Gasteiger charge is 2.07. The van der Waals surface area contributed by atoms with E-state index >= 15 is 0 Å². The third-order valence-corrected chi connectivity index (χ3v) is 2.03. The van der Waals surface area contributed by atoms with Gasteiger partial charge in [-0.1, -0.05) is 13.8 Å². The summed E-state index contributed by atoms with van der Waals surface area (Å²) in [5.74, 6) is 0.556. The van der Waals surface area contributed by atoms with Crippen LogP contribution in [0.1, 0.15) is 24.3 Å². The van der Waals surface area contributed by atoms with E-state index in [0.717, 1.165) is 6.61 Å². The lowest BCUT2D eigenvalue weighted by atomic mass is 10.2. The summed E-state index contributed by atoms with van der Waals surface area (Å²) in [5, 5.41) is 3.03. The van der Waals surface area contributed by atoms with Crippen molar-refractivity contribution in [1.29, 1.82) is 0 Å². The Hall–Kier alpha value is -1.69. The molecule has 0 radical (unpaired) electrons. The molecule has 1 N–H and O–H groups in total. The Bertz CT molecular complexity index is 383. The lowest BCUT2D eigenvalue weighted by Gasteiger charge is -2.08. The second-order valence-corrected chi connectivity index (χ2v) is 4.18. The summed E-state index contributed by atoms with van der Waals surface area (Å²) < 4.78 is 9.98. The molecule has 0 saturated heterocycles. The number of methoxy groups -OCH3 is 1. The molecule has 0 unspecified atom stereocenters. The molecule has 0 spiro atoms. The van der Waals surface area contributed by atoms with Crippen molar-refractivity contribution in [2.45, 2.75) is 13.8 Å². The topological polar surface area (TPSA) is 73.3 Å². The maximum absolute atomic E-state index is 11.2. The van der Waals surface area contributed by atoms with E-state index in [2.05, 4.69) is 33.9 Å². The van der Waals surface area contributed by atoms with Gasteiger partial charge >= 0.3 is 5.97 Å². The molecule has 18 heavy (non-hydrogen) atoms. The zero-order chi connectivity index (χ0) is 13.4. The Morgan fingerprint density at radius 3 is 2.89 bits per heavy atom. The maximum atomic E-state index is 11.2. The van der Waals surface area contributed by atoms with Gasteiger partial charge in [0.15, 0.2) is 5.69 Å². The van der Waals surface area contributed by atoms with Gasteiger partial charge in [0, 0.05) is 13.2 Å². The monoisotopic (exact) mass is 253 g/mol. The number of esters is 1. The van der Waals surface area contributed by atoms with Crippen molar-refractivity contribution in [1.82, 2.24) is 9.97 Å². The fourth-order valence-electron chi connectivity index (χ4n) is 1.22. The van der Waals surface area contributed by atoms with Gasteiger partial charge < -0.3 is 14.8 Å². The molecule has 0 atom stereocenters. The van der Waals surface area contributed by atoms with E-state index in [0.29, 0.717) is 24.9 Å². The highest BCUT2D eigenvalue weighted by atomic mass is 16.5. The van der Waals surface area contributed by atoms with Crippen molar-refractivity contribution in [3.63, 3.8) is 0 Å². The van der Waals surface area contributed by atoms with E-state index in [9.17, 15) is 4.79 Å². The Morgan fingerprint density at radius 1 is 1.44 bits per heavy atom. The molecule has 0 aliphatic carbocycles. The third kappa shape index (κ3) is 5.09. The highest BCUT2D eigenvalue weighted by Crippen LogP contribution is 2.03. The van der Waals surface area contributed by atoms with Gasteiger partial charge in [0.25, 0.3) is 0 Å². The van der Waals surface area contributed by atoms with Gasteiger partial charge in [-0.2, -0.15) is 0 Å². The summed E-state index contributed by atoms with van der Waals surface area (Å²) in [4.78, 5) is 19.2. The number of carbonyl (C=O) groups is 1. The molecule has 1 heterocycles. The molecule has 1 aromatic rings. The molecule has 0 saturated carbocycles. The normalized spacial score (nSPS) is 10.4. The number of anilines is 1. The van der Waals surface area contributed by atoms with Gasteiger partial charge in [-0.25, -0.2) is 9.78 Å². The Labute approximate surface area is 107 Å². The average molecular weight is 253 g/mol. The molecule has 0 aliphatic rings. The molecule has 0 aromatic carbocycles. The zero-order valence-electron chi connectivity index (χ0n) is 11.0. The molecule has 1 rings (SSSR count). The molecule has 6 heteroatoms. The van der Waals surface area contributed by atoms with Crippen molar-refractivity contribution in [3.8, 4) is 0 Å². The molecular formula is C12H19N3O3. The molecule has 6 nitrogen and oxygen atoms in total. The number of nitrogens with zero attached hydrogens (tertiary/aromatic N) is 2. The lowest BCUT2D eigenvalue weighted by molar-refractivity contribution is 0.0593. The first-order chi connectivity index (χ1) is 8.63. The van der Waals surface area contributed by atoms with Crippen LogP contribution in [0.15, 0.2) is 12.4 Å². The second kappa shape index (κ2) is 7.60. The summed E-state index contributed by atoms with van der Waals surface area (Å²) in [5.41, 5.74) is 0.186. The number of rotatable bonds is 7. The van der Waals surface area contributed by atoms with Crippen molar-refractivity contribution in [2.75, 3.05) is 32.2 Å². The lowest BCUT2D eigenvalue weighted by Crippen LogP contribution is -2.14. The van der Waals surface area contributed by atoms with Crippen LogP contribution in [-0.4, -0.2) is 42.8 Å². The quantitative estimate of drug-likeness (QED) is 0.584. The highest BCUT2D eigenvalue weighted by molar-refractivity contribution is 5.87. The van der Waals surface area contributed by atoms with E-state index in [1.54, 1.807) is 6.20 Å². The largest absolute Gasteiger partial charge is 0.464 e. The van der Waals surface area contributed by atoms with E-state index in [1.165, 1.54) is 13.3 Å². The summed E-state index contributed by atoms with van der Waals surface area (Å²) >= 11 is 0. The number of ether oxygens (including phenoxy) is 2. The van der Waals surface area contributed by atoms with Gasteiger partial charge in [-0.05, 0) is 5.92 Å². The van der Waals surface area contributed by atoms with Crippen molar-refractivity contribution in [3.05, 3.63) is 18.1 Å². The molecule has 0 amide bonds. The molecular weight excluding hydrogens is 234 g/mol. The van der Waals surface area contributed by atoms with Crippen LogP contribution in [0.3, 0.4) is 0 Å². The first-order valence-electron chi connectivity index (χ1n) is 5.85. The van der Waals surface area contributed by atoms with Gasteiger partial charge in [0.1, 0.15) is 5.82 Å². The molecule has 1 aromatic heterocycles. The number of hydrogen-bond acceptors (Lipinski definition) is 6. The van der Waals surface area contributed by atoms with E-state index in [4.69, 9.17) is 4.74 Å². The van der Waals surface area contributed by atoms with Crippen LogP contribution in [0.5, 0.6) is 0 Å². The molecule has 0 bridgehead atoms. The van der Waals surface area contributed by atoms with Crippen LogP contribution in [0, 0.1) is 5.92 Å². The van der Waals surface area contributed by atoms with Crippen LogP contribution < -0.4 is 5.32 Å². The summed E-state index contributed by atoms with van der Waals surface area (Å²) in [6.07, 6.45) is 2.92. The minimum Gasteiger partial charge on any atom is -0.464 e. The molecule has 0 aliphatic heterocycles. The number of nitrogens with one attached hydrogen (secondary N) is 1. The number of hydrogen-bond donors (Lipinski definition) is 1. The Kier molecular flexibility index (Phi) is 6.07. The van der Waals surface area contributed by atoms with Crippen LogP contribution >= 0.6 is 0 Å². The predicted molar refractivity (Wildman–Crippen MR) is 67.5 cm³/mol. The molecule has 100 valence electrons. The van der Waals surface area contributed by atoms with E-state index in [1.807, 2.05) is 0 Å². The summed E-state index contributed by atoms with van der Waals surface area (Å²) in [6.45, 7) is 6.13.